The number of likely N-dealkylation sites (N-methyl/N-ethyl adjacent to an activating group) is 1. The maximum Gasteiger partial charge on any atom is 0.131 e. The number of nitrogens with one attached hydrogen (secondary N) is 1. The lowest BCUT2D eigenvalue weighted by atomic mass is 10.2. The van der Waals surface area contributed by atoms with E-state index in [1.165, 1.54) is 0 Å². The first-order valence-corrected chi connectivity index (χ1v) is 6.33. The van der Waals surface area contributed by atoms with Crippen LogP contribution in [0.3, 0.4) is 0 Å². The van der Waals surface area contributed by atoms with E-state index in [9.17, 15) is 0 Å². The van der Waals surface area contributed by atoms with Gasteiger partial charge in [-0.25, -0.2) is 0 Å². The molecule has 3 nitrogen and oxygen atoms in total. The number of nitriles is 1. The summed E-state index contributed by atoms with van der Waals surface area (Å²) >= 11 is 5.03. The van der Waals surface area contributed by atoms with Crippen LogP contribution in [0.2, 0.25) is 0 Å². The summed E-state index contributed by atoms with van der Waals surface area (Å²) in [5, 5.41) is 14.3. The number of hydrogen-bond acceptors (Lipinski definition) is 4. The van der Waals surface area contributed by atoms with E-state index in [-0.39, 0.29) is 6.04 Å². The van der Waals surface area contributed by atoms with E-state index in [0.29, 0.717) is 0 Å². The van der Waals surface area contributed by atoms with E-state index in [0.717, 1.165) is 22.4 Å². The van der Waals surface area contributed by atoms with Gasteiger partial charge in [-0.3, -0.25) is 5.32 Å². The Kier molecular flexibility index (Phi) is 5.26. The van der Waals surface area contributed by atoms with Crippen LogP contribution in [0.4, 0.5) is 0 Å². The molecule has 0 bridgehead atoms. The zero-order valence-corrected chi connectivity index (χ0v) is 11.2. The van der Waals surface area contributed by atoms with Gasteiger partial charge in [0.1, 0.15) is 6.04 Å². The summed E-state index contributed by atoms with van der Waals surface area (Å²) in [5.74, 6) is 0. The van der Waals surface area contributed by atoms with Gasteiger partial charge in [0.2, 0.25) is 0 Å². The molecule has 0 aliphatic carbocycles. The van der Waals surface area contributed by atoms with Crippen molar-refractivity contribution in [3.63, 3.8) is 0 Å². The van der Waals surface area contributed by atoms with Crippen molar-refractivity contribution in [2.75, 3.05) is 27.2 Å². The second kappa shape index (κ2) is 6.23. The SMILES string of the molecule is CN(C)CCNC(C#N)c1sccc1Br. The quantitative estimate of drug-likeness (QED) is 0.903. The molecule has 1 atom stereocenters. The van der Waals surface area contributed by atoms with E-state index in [1.807, 2.05) is 25.5 Å². The highest BCUT2D eigenvalue weighted by Gasteiger charge is 2.14. The minimum atomic E-state index is -0.209. The molecule has 0 radical (unpaired) electrons. The van der Waals surface area contributed by atoms with Crippen LogP contribution in [-0.2, 0) is 0 Å². The van der Waals surface area contributed by atoms with E-state index in [1.54, 1.807) is 11.3 Å². The van der Waals surface area contributed by atoms with Crippen LogP contribution in [0.1, 0.15) is 10.9 Å². The Bertz CT molecular complexity index is 343. The van der Waals surface area contributed by atoms with Crippen LogP contribution < -0.4 is 5.32 Å². The first-order valence-electron chi connectivity index (χ1n) is 4.65. The van der Waals surface area contributed by atoms with Crippen molar-refractivity contribution >= 4 is 27.3 Å². The minimum Gasteiger partial charge on any atom is -0.308 e. The summed E-state index contributed by atoms with van der Waals surface area (Å²) < 4.78 is 1.01. The third-order valence-electron chi connectivity index (χ3n) is 1.94. The molecule has 1 unspecified atom stereocenters. The third kappa shape index (κ3) is 3.92. The molecule has 0 saturated carbocycles. The van der Waals surface area contributed by atoms with Crippen LogP contribution in [0.5, 0.6) is 0 Å². The Morgan fingerprint density at radius 2 is 2.40 bits per heavy atom. The summed E-state index contributed by atoms with van der Waals surface area (Å²) in [6.07, 6.45) is 0. The Labute approximate surface area is 103 Å². The lowest BCUT2D eigenvalue weighted by molar-refractivity contribution is 0.395. The molecular formula is C10H14BrN3S. The highest BCUT2D eigenvalue weighted by atomic mass is 79.9. The van der Waals surface area contributed by atoms with Crippen LogP contribution in [0.25, 0.3) is 0 Å². The lowest BCUT2D eigenvalue weighted by Gasteiger charge is -2.13. The van der Waals surface area contributed by atoms with Gasteiger partial charge in [0.25, 0.3) is 0 Å². The Morgan fingerprint density at radius 3 is 2.87 bits per heavy atom. The van der Waals surface area contributed by atoms with E-state index >= 15 is 0 Å². The molecule has 1 N–H and O–H groups in total. The molecule has 0 aliphatic heterocycles. The number of rotatable bonds is 5. The molecule has 1 aromatic rings. The third-order valence-corrected chi connectivity index (χ3v) is 3.88. The van der Waals surface area contributed by atoms with Gasteiger partial charge in [-0.1, -0.05) is 0 Å². The van der Waals surface area contributed by atoms with Gasteiger partial charge in [0, 0.05) is 17.6 Å². The number of nitrogens with zero attached hydrogens (tertiary/aromatic N) is 2. The number of thiophene rings is 1. The lowest BCUT2D eigenvalue weighted by Crippen LogP contribution is -2.28. The van der Waals surface area contributed by atoms with Crippen molar-refractivity contribution in [3.05, 3.63) is 20.8 Å². The fourth-order valence-electron chi connectivity index (χ4n) is 1.14. The smallest absolute Gasteiger partial charge is 0.131 e. The van der Waals surface area contributed by atoms with Crippen LogP contribution in [-0.4, -0.2) is 32.1 Å². The second-order valence-electron chi connectivity index (χ2n) is 3.45. The second-order valence-corrected chi connectivity index (χ2v) is 5.25. The summed E-state index contributed by atoms with van der Waals surface area (Å²) in [6.45, 7) is 1.75. The maximum absolute atomic E-state index is 9.05. The molecule has 0 aromatic carbocycles. The van der Waals surface area contributed by atoms with Gasteiger partial charge in [0.05, 0.1) is 10.9 Å². The van der Waals surface area contributed by atoms with E-state index in [2.05, 4.69) is 32.2 Å². The molecule has 0 fully saturated rings. The predicted octanol–water partition coefficient (Wildman–Crippen LogP) is 2.23. The summed E-state index contributed by atoms with van der Waals surface area (Å²) in [5.41, 5.74) is 0. The molecule has 0 amide bonds. The summed E-state index contributed by atoms with van der Waals surface area (Å²) in [6, 6.07) is 4.03. The van der Waals surface area contributed by atoms with Gasteiger partial charge < -0.3 is 4.90 Å². The molecule has 0 saturated heterocycles. The van der Waals surface area contributed by atoms with Crippen molar-refractivity contribution < 1.29 is 0 Å². The molecule has 1 heterocycles. The molecule has 1 rings (SSSR count). The van der Waals surface area contributed by atoms with Gasteiger partial charge in [-0.05, 0) is 41.5 Å². The van der Waals surface area contributed by atoms with E-state index < -0.39 is 0 Å². The average Bonchev–Trinajstić information content (AvgIpc) is 2.59. The number of hydrogen-bond donors (Lipinski definition) is 1. The average molecular weight is 288 g/mol. The first-order chi connectivity index (χ1) is 7.15. The standard InChI is InChI=1S/C10H14BrN3S/c1-14(2)5-4-13-9(7-12)10-8(11)3-6-15-10/h3,6,9,13H,4-5H2,1-2H3. The Morgan fingerprint density at radius 1 is 1.67 bits per heavy atom. The topological polar surface area (TPSA) is 39.1 Å². The molecular weight excluding hydrogens is 274 g/mol. The zero-order chi connectivity index (χ0) is 11.3. The minimum absolute atomic E-state index is 0.209. The Hall–Kier alpha value is -0.410. The monoisotopic (exact) mass is 287 g/mol. The Balaban J connectivity index is 2.51. The van der Waals surface area contributed by atoms with Gasteiger partial charge in [-0.15, -0.1) is 11.3 Å². The van der Waals surface area contributed by atoms with Crippen LogP contribution >= 0.6 is 27.3 Å². The van der Waals surface area contributed by atoms with Crippen molar-refractivity contribution in [1.82, 2.24) is 10.2 Å². The number of halogens is 1. The normalized spacial score (nSPS) is 12.7. The molecule has 0 spiro atoms. The fourth-order valence-corrected chi connectivity index (χ4v) is 2.76. The molecule has 5 heteroatoms. The largest absolute Gasteiger partial charge is 0.308 e. The van der Waals surface area contributed by atoms with Crippen LogP contribution in [0.15, 0.2) is 15.9 Å². The van der Waals surface area contributed by atoms with Gasteiger partial charge in [0.15, 0.2) is 0 Å². The molecule has 82 valence electrons. The zero-order valence-electron chi connectivity index (χ0n) is 8.83. The fraction of sp³-hybridized carbons (Fsp3) is 0.500. The van der Waals surface area contributed by atoms with Crippen molar-refractivity contribution in [2.45, 2.75) is 6.04 Å². The van der Waals surface area contributed by atoms with Crippen molar-refractivity contribution in [1.29, 1.82) is 5.26 Å². The van der Waals surface area contributed by atoms with Crippen molar-refractivity contribution in [2.24, 2.45) is 0 Å². The molecule has 15 heavy (non-hydrogen) atoms. The van der Waals surface area contributed by atoms with Gasteiger partial charge >= 0.3 is 0 Å². The van der Waals surface area contributed by atoms with Gasteiger partial charge in [-0.2, -0.15) is 5.26 Å². The molecule has 0 aliphatic rings. The predicted molar refractivity (Wildman–Crippen MR) is 66.9 cm³/mol. The first kappa shape index (κ1) is 12.7. The van der Waals surface area contributed by atoms with Crippen molar-refractivity contribution in [3.8, 4) is 6.07 Å². The highest BCUT2D eigenvalue weighted by molar-refractivity contribution is 9.10. The maximum atomic E-state index is 9.05. The van der Waals surface area contributed by atoms with E-state index in [4.69, 9.17) is 5.26 Å². The summed E-state index contributed by atoms with van der Waals surface area (Å²) in [4.78, 5) is 3.14. The molecule has 1 aromatic heterocycles. The highest BCUT2D eigenvalue weighted by Crippen LogP contribution is 2.28. The van der Waals surface area contributed by atoms with Crippen LogP contribution in [0, 0.1) is 11.3 Å². The summed E-state index contributed by atoms with van der Waals surface area (Å²) in [7, 11) is 4.04.